The molecule has 1 heterocycles. The SMILES string of the molecule is O=C1c2ccccc2C(C2=C(c3ccc(Cl)cc3)c3ccc(Cl)cc3C2)N1c1ccccc1. The van der Waals surface area contributed by atoms with E-state index < -0.39 is 0 Å². The molecule has 160 valence electrons. The van der Waals surface area contributed by atoms with Crippen LogP contribution in [-0.4, -0.2) is 5.91 Å². The molecule has 0 fully saturated rings. The van der Waals surface area contributed by atoms with Gasteiger partial charge >= 0.3 is 0 Å². The molecule has 4 aromatic rings. The first-order valence-electron chi connectivity index (χ1n) is 10.9. The minimum absolute atomic E-state index is 0.0266. The molecule has 4 heteroatoms. The predicted octanol–water partition coefficient (Wildman–Crippen LogP) is 7.75. The number of hydrogen-bond acceptors (Lipinski definition) is 1. The fourth-order valence-electron chi connectivity index (χ4n) is 5.12. The Labute approximate surface area is 202 Å². The van der Waals surface area contributed by atoms with Gasteiger partial charge in [0.25, 0.3) is 5.91 Å². The van der Waals surface area contributed by atoms with Crippen molar-refractivity contribution in [2.45, 2.75) is 12.5 Å². The lowest BCUT2D eigenvalue weighted by Gasteiger charge is -2.28. The third-order valence-corrected chi connectivity index (χ3v) is 6.99. The molecule has 0 bridgehead atoms. The van der Waals surface area contributed by atoms with Crippen LogP contribution in [0.2, 0.25) is 10.0 Å². The van der Waals surface area contributed by atoms with Gasteiger partial charge in [-0.3, -0.25) is 9.69 Å². The van der Waals surface area contributed by atoms with Crippen molar-refractivity contribution >= 4 is 40.4 Å². The van der Waals surface area contributed by atoms with E-state index in [1.54, 1.807) is 0 Å². The molecule has 0 saturated heterocycles. The number of rotatable bonds is 3. The van der Waals surface area contributed by atoms with Gasteiger partial charge in [-0.05, 0) is 82.3 Å². The Bertz CT molecular complexity index is 1420. The normalized spacial score (nSPS) is 16.8. The van der Waals surface area contributed by atoms with Gasteiger partial charge < -0.3 is 0 Å². The summed E-state index contributed by atoms with van der Waals surface area (Å²) in [5.41, 5.74) is 8.43. The summed E-state index contributed by atoms with van der Waals surface area (Å²) in [5.74, 6) is 0.0266. The minimum atomic E-state index is -0.201. The number of halogens is 2. The van der Waals surface area contributed by atoms with Crippen LogP contribution in [0.4, 0.5) is 5.69 Å². The van der Waals surface area contributed by atoms with Gasteiger partial charge in [-0.15, -0.1) is 0 Å². The van der Waals surface area contributed by atoms with E-state index in [0.717, 1.165) is 39.9 Å². The van der Waals surface area contributed by atoms with Crippen LogP contribution in [0, 0.1) is 0 Å². The van der Waals surface area contributed by atoms with Gasteiger partial charge in [0, 0.05) is 21.3 Å². The van der Waals surface area contributed by atoms with Crippen LogP contribution < -0.4 is 4.90 Å². The summed E-state index contributed by atoms with van der Waals surface area (Å²) in [6, 6.07) is 31.6. The van der Waals surface area contributed by atoms with Gasteiger partial charge in [0.1, 0.15) is 0 Å². The van der Waals surface area contributed by atoms with Gasteiger partial charge in [-0.2, -0.15) is 0 Å². The summed E-state index contributed by atoms with van der Waals surface area (Å²) in [5, 5.41) is 1.41. The average Bonchev–Trinajstić information content (AvgIpc) is 3.35. The molecule has 4 aromatic carbocycles. The maximum Gasteiger partial charge on any atom is 0.259 e. The Kier molecular flexibility index (Phi) is 4.86. The number of benzene rings is 4. The maximum absolute atomic E-state index is 13.6. The topological polar surface area (TPSA) is 20.3 Å². The summed E-state index contributed by atoms with van der Waals surface area (Å²) in [7, 11) is 0. The molecule has 1 amide bonds. The molecule has 0 saturated carbocycles. The minimum Gasteiger partial charge on any atom is -0.297 e. The van der Waals surface area contributed by atoms with Gasteiger partial charge in [0.15, 0.2) is 0 Å². The highest BCUT2D eigenvalue weighted by molar-refractivity contribution is 6.31. The zero-order chi connectivity index (χ0) is 22.5. The van der Waals surface area contributed by atoms with Gasteiger partial charge in [-0.1, -0.05) is 77.8 Å². The highest BCUT2D eigenvalue weighted by atomic mass is 35.5. The molecule has 6 rings (SSSR count). The lowest BCUT2D eigenvalue weighted by molar-refractivity contribution is 0.0993. The smallest absolute Gasteiger partial charge is 0.259 e. The number of amides is 1. The van der Waals surface area contributed by atoms with E-state index in [0.29, 0.717) is 10.0 Å². The van der Waals surface area contributed by atoms with Gasteiger partial charge in [-0.25, -0.2) is 0 Å². The highest BCUT2D eigenvalue weighted by Gasteiger charge is 2.42. The molecular formula is C29H19Cl2NO. The number of fused-ring (bicyclic) bond motifs is 2. The Morgan fingerprint density at radius 1 is 0.727 bits per heavy atom. The number of hydrogen-bond donors (Lipinski definition) is 0. The lowest BCUT2D eigenvalue weighted by Crippen LogP contribution is -2.29. The molecule has 1 atom stereocenters. The van der Waals surface area contributed by atoms with Crippen molar-refractivity contribution in [1.29, 1.82) is 0 Å². The predicted molar refractivity (Wildman–Crippen MR) is 135 cm³/mol. The summed E-state index contributed by atoms with van der Waals surface area (Å²) in [6.07, 6.45) is 0.726. The third-order valence-electron chi connectivity index (χ3n) is 6.50. The molecule has 1 aliphatic heterocycles. The lowest BCUT2D eigenvalue weighted by atomic mass is 9.91. The van der Waals surface area contributed by atoms with Crippen molar-refractivity contribution in [1.82, 2.24) is 0 Å². The number of nitrogens with zero attached hydrogens (tertiary/aromatic N) is 1. The molecule has 2 aliphatic rings. The third kappa shape index (κ3) is 3.30. The average molecular weight is 468 g/mol. The first-order chi connectivity index (χ1) is 16.1. The van der Waals surface area contributed by atoms with Crippen molar-refractivity contribution in [3.8, 4) is 0 Å². The van der Waals surface area contributed by atoms with Crippen molar-refractivity contribution in [3.05, 3.63) is 140 Å². The van der Waals surface area contributed by atoms with E-state index in [2.05, 4.69) is 24.3 Å². The van der Waals surface area contributed by atoms with Crippen LogP contribution >= 0.6 is 23.2 Å². The molecule has 0 radical (unpaired) electrons. The van der Waals surface area contributed by atoms with E-state index >= 15 is 0 Å². The van der Waals surface area contributed by atoms with E-state index in [-0.39, 0.29) is 11.9 Å². The van der Waals surface area contributed by atoms with E-state index in [4.69, 9.17) is 23.2 Å². The summed E-state index contributed by atoms with van der Waals surface area (Å²) >= 11 is 12.6. The Balaban J connectivity index is 1.62. The second-order valence-corrected chi connectivity index (χ2v) is 9.26. The van der Waals surface area contributed by atoms with Crippen molar-refractivity contribution in [2.24, 2.45) is 0 Å². The Morgan fingerprint density at radius 2 is 1.42 bits per heavy atom. The first-order valence-corrected chi connectivity index (χ1v) is 11.6. The monoisotopic (exact) mass is 467 g/mol. The number of para-hydroxylation sites is 1. The van der Waals surface area contributed by atoms with Crippen LogP contribution in [-0.2, 0) is 6.42 Å². The maximum atomic E-state index is 13.6. The number of carbonyl (C=O) groups is 1. The molecule has 0 aromatic heterocycles. The quantitative estimate of drug-likeness (QED) is 0.301. The summed E-state index contributed by atoms with van der Waals surface area (Å²) in [4.78, 5) is 15.6. The van der Waals surface area contributed by atoms with Crippen LogP contribution in [0.5, 0.6) is 0 Å². The molecular weight excluding hydrogens is 449 g/mol. The summed E-state index contributed by atoms with van der Waals surface area (Å²) < 4.78 is 0. The van der Waals surface area contributed by atoms with Crippen molar-refractivity contribution in [2.75, 3.05) is 4.90 Å². The summed E-state index contributed by atoms with van der Waals surface area (Å²) in [6.45, 7) is 0. The van der Waals surface area contributed by atoms with Crippen LogP contribution in [0.3, 0.4) is 0 Å². The molecule has 1 unspecified atom stereocenters. The van der Waals surface area contributed by atoms with Gasteiger partial charge in [0.2, 0.25) is 0 Å². The van der Waals surface area contributed by atoms with E-state index in [1.165, 1.54) is 11.1 Å². The van der Waals surface area contributed by atoms with Crippen LogP contribution in [0.25, 0.3) is 5.57 Å². The van der Waals surface area contributed by atoms with E-state index in [1.807, 2.05) is 77.7 Å². The first kappa shape index (κ1) is 20.3. The van der Waals surface area contributed by atoms with E-state index in [9.17, 15) is 4.79 Å². The number of carbonyl (C=O) groups excluding carboxylic acids is 1. The van der Waals surface area contributed by atoms with Gasteiger partial charge in [0.05, 0.1) is 6.04 Å². The van der Waals surface area contributed by atoms with Crippen molar-refractivity contribution < 1.29 is 4.79 Å². The second-order valence-electron chi connectivity index (χ2n) is 8.39. The molecule has 1 aliphatic carbocycles. The second kappa shape index (κ2) is 7.91. The highest BCUT2D eigenvalue weighted by Crippen LogP contribution is 2.50. The largest absolute Gasteiger partial charge is 0.297 e. The van der Waals surface area contributed by atoms with Crippen LogP contribution in [0.15, 0.2) is 103 Å². The molecule has 33 heavy (non-hydrogen) atoms. The van der Waals surface area contributed by atoms with Crippen LogP contribution in [0.1, 0.15) is 38.7 Å². The standard InChI is InChI=1S/C29H19Cl2NO/c30-20-12-10-18(11-13-20)27-23-15-14-21(31)16-19(23)17-26(27)28-24-8-4-5-9-25(24)29(33)32(28)22-6-2-1-3-7-22/h1-16,28H,17H2. The Morgan fingerprint density at radius 3 is 2.21 bits per heavy atom. The number of anilines is 1. The molecule has 0 N–H and O–H groups in total. The zero-order valence-electron chi connectivity index (χ0n) is 17.6. The van der Waals surface area contributed by atoms with Crippen molar-refractivity contribution in [3.63, 3.8) is 0 Å². The fourth-order valence-corrected chi connectivity index (χ4v) is 5.45. The molecule has 2 nitrogen and oxygen atoms in total. The Hall–Kier alpha value is -3.33. The molecule has 0 spiro atoms. The fraction of sp³-hybridized carbons (Fsp3) is 0.0690. The zero-order valence-corrected chi connectivity index (χ0v) is 19.1.